The highest BCUT2D eigenvalue weighted by atomic mass is 32.2. The van der Waals surface area contributed by atoms with Gasteiger partial charge in [0.15, 0.2) is 9.84 Å². The maximum atomic E-state index is 12.9. The zero-order valence-corrected chi connectivity index (χ0v) is 9.85. The highest BCUT2D eigenvalue weighted by Crippen LogP contribution is 2.15. The van der Waals surface area contributed by atoms with Gasteiger partial charge in [-0.2, -0.15) is 0 Å². The number of aryl methyl sites for hydroxylation is 1. The van der Waals surface area contributed by atoms with E-state index in [9.17, 15) is 12.8 Å². The number of benzene rings is 1. The molecule has 0 radical (unpaired) electrons. The fourth-order valence-electron chi connectivity index (χ4n) is 1.40. The summed E-state index contributed by atoms with van der Waals surface area (Å²) in [6.07, 6.45) is 1.51. The second-order valence-corrected chi connectivity index (χ2v) is 5.59. The highest BCUT2D eigenvalue weighted by Gasteiger charge is 2.17. The summed E-state index contributed by atoms with van der Waals surface area (Å²) < 4.78 is 38.2. The Morgan fingerprint density at radius 3 is 2.76 bits per heavy atom. The molecule has 90 valence electrons. The van der Waals surface area contributed by atoms with E-state index in [1.54, 1.807) is 7.05 Å². The van der Waals surface area contributed by atoms with Gasteiger partial charge >= 0.3 is 0 Å². The van der Waals surface area contributed by atoms with Crippen molar-refractivity contribution in [2.75, 3.05) is 0 Å². The summed E-state index contributed by atoms with van der Waals surface area (Å²) >= 11 is 0. The van der Waals surface area contributed by atoms with Gasteiger partial charge in [0.05, 0.1) is 10.6 Å². The Kier molecular flexibility index (Phi) is 2.93. The van der Waals surface area contributed by atoms with Crippen molar-refractivity contribution < 1.29 is 12.8 Å². The lowest BCUT2D eigenvalue weighted by atomic mass is 10.4. The molecule has 2 rings (SSSR count). The molecular weight excluding hydrogens is 245 g/mol. The monoisotopic (exact) mass is 255 g/mol. The lowest BCUT2D eigenvalue weighted by Crippen LogP contribution is -2.05. The Morgan fingerprint density at radius 2 is 2.18 bits per heavy atom. The van der Waals surface area contributed by atoms with E-state index in [0.29, 0.717) is 5.69 Å². The predicted octanol–water partition coefficient (Wildman–Crippen LogP) is 0.928. The van der Waals surface area contributed by atoms with Crippen LogP contribution in [0.2, 0.25) is 0 Å². The van der Waals surface area contributed by atoms with Gasteiger partial charge in [0, 0.05) is 13.2 Å². The minimum Gasteiger partial charge on any atom is -0.255 e. The van der Waals surface area contributed by atoms with Crippen LogP contribution >= 0.6 is 0 Å². The summed E-state index contributed by atoms with van der Waals surface area (Å²) in [4.78, 5) is -0.0526. The molecule has 0 fully saturated rings. The van der Waals surface area contributed by atoms with Crippen molar-refractivity contribution in [2.24, 2.45) is 7.05 Å². The fraction of sp³-hybridized carbons (Fsp3) is 0.200. The third kappa shape index (κ3) is 2.68. The lowest BCUT2D eigenvalue weighted by Gasteiger charge is -2.01. The van der Waals surface area contributed by atoms with Crippen LogP contribution in [-0.2, 0) is 22.6 Å². The molecule has 1 aromatic carbocycles. The molecule has 17 heavy (non-hydrogen) atoms. The number of hydrogen-bond acceptors (Lipinski definition) is 4. The number of aromatic nitrogens is 3. The molecule has 0 saturated carbocycles. The van der Waals surface area contributed by atoms with Crippen molar-refractivity contribution in [2.45, 2.75) is 10.6 Å². The average molecular weight is 255 g/mol. The van der Waals surface area contributed by atoms with E-state index in [1.165, 1.54) is 29.1 Å². The number of halogens is 1. The quantitative estimate of drug-likeness (QED) is 0.818. The Hall–Kier alpha value is -1.76. The third-order valence-corrected chi connectivity index (χ3v) is 3.79. The van der Waals surface area contributed by atoms with E-state index in [2.05, 4.69) is 10.3 Å². The number of rotatable bonds is 3. The summed E-state index contributed by atoms with van der Waals surface area (Å²) in [6, 6.07) is 4.90. The van der Waals surface area contributed by atoms with Crippen LogP contribution in [-0.4, -0.2) is 23.4 Å². The van der Waals surface area contributed by atoms with E-state index in [1.807, 2.05) is 0 Å². The van der Waals surface area contributed by atoms with Gasteiger partial charge in [-0.1, -0.05) is 11.3 Å². The first-order valence-corrected chi connectivity index (χ1v) is 6.46. The van der Waals surface area contributed by atoms with Crippen LogP contribution in [0.3, 0.4) is 0 Å². The van der Waals surface area contributed by atoms with Crippen LogP contribution in [0.4, 0.5) is 4.39 Å². The molecule has 0 atom stereocenters. The molecule has 0 aliphatic carbocycles. The van der Waals surface area contributed by atoms with Crippen molar-refractivity contribution >= 4 is 9.84 Å². The molecule has 0 amide bonds. The molecular formula is C10H10FN3O2S. The molecule has 1 aromatic heterocycles. The van der Waals surface area contributed by atoms with Crippen LogP contribution < -0.4 is 0 Å². The van der Waals surface area contributed by atoms with Crippen LogP contribution in [0.5, 0.6) is 0 Å². The Bertz CT molecular complexity index is 637. The summed E-state index contributed by atoms with van der Waals surface area (Å²) in [6.45, 7) is 0. The first kappa shape index (κ1) is 11.7. The number of sulfone groups is 1. The zero-order valence-electron chi connectivity index (χ0n) is 9.04. The van der Waals surface area contributed by atoms with Gasteiger partial charge in [-0.25, -0.2) is 12.8 Å². The fourth-order valence-corrected chi connectivity index (χ4v) is 2.67. The van der Waals surface area contributed by atoms with Gasteiger partial charge in [-0.15, -0.1) is 5.10 Å². The van der Waals surface area contributed by atoms with Crippen LogP contribution in [0.1, 0.15) is 5.69 Å². The first-order valence-electron chi connectivity index (χ1n) is 4.81. The highest BCUT2D eigenvalue weighted by molar-refractivity contribution is 7.90. The largest absolute Gasteiger partial charge is 0.255 e. The van der Waals surface area contributed by atoms with Crippen molar-refractivity contribution in [3.05, 3.63) is 42.0 Å². The summed E-state index contributed by atoms with van der Waals surface area (Å²) in [5.74, 6) is -0.866. The first-order chi connectivity index (χ1) is 7.97. The zero-order chi connectivity index (χ0) is 12.5. The van der Waals surface area contributed by atoms with Gasteiger partial charge in [-0.05, 0) is 18.2 Å². The lowest BCUT2D eigenvalue weighted by molar-refractivity contribution is 0.589. The van der Waals surface area contributed by atoms with Gasteiger partial charge in [0.25, 0.3) is 0 Å². The van der Waals surface area contributed by atoms with Crippen molar-refractivity contribution in [3.63, 3.8) is 0 Å². The second kappa shape index (κ2) is 4.25. The molecule has 0 bridgehead atoms. The molecule has 0 aliphatic rings. The third-order valence-electron chi connectivity index (χ3n) is 2.14. The van der Waals surface area contributed by atoms with Gasteiger partial charge in [-0.3, -0.25) is 4.68 Å². The van der Waals surface area contributed by atoms with Crippen molar-refractivity contribution in [3.8, 4) is 0 Å². The van der Waals surface area contributed by atoms with Crippen LogP contribution in [0, 0.1) is 5.82 Å². The van der Waals surface area contributed by atoms with Gasteiger partial charge in [0.2, 0.25) is 0 Å². The van der Waals surface area contributed by atoms with Crippen molar-refractivity contribution in [1.29, 1.82) is 0 Å². The van der Waals surface area contributed by atoms with E-state index < -0.39 is 15.7 Å². The minimum absolute atomic E-state index is 0.0526. The summed E-state index contributed by atoms with van der Waals surface area (Å²) in [5.41, 5.74) is 0.330. The molecule has 5 nitrogen and oxygen atoms in total. The normalized spacial score (nSPS) is 11.6. The molecule has 0 unspecified atom stereocenters. The molecule has 0 spiro atoms. The van der Waals surface area contributed by atoms with E-state index in [4.69, 9.17) is 0 Å². The maximum absolute atomic E-state index is 12.9. The summed E-state index contributed by atoms with van der Waals surface area (Å²) in [5, 5.41) is 7.33. The Balaban J connectivity index is 2.31. The minimum atomic E-state index is -3.58. The maximum Gasteiger partial charge on any atom is 0.184 e. The molecule has 7 heteroatoms. The smallest absolute Gasteiger partial charge is 0.184 e. The SMILES string of the molecule is Cn1cc(CS(=O)(=O)c2cccc(F)c2)nn1. The Morgan fingerprint density at radius 1 is 1.41 bits per heavy atom. The topological polar surface area (TPSA) is 64.8 Å². The molecule has 0 N–H and O–H groups in total. The van der Waals surface area contributed by atoms with Crippen molar-refractivity contribution in [1.82, 2.24) is 15.0 Å². The number of nitrogens with zero attached hydrogens (tertiary/aromatic N) is 3. The van der Waals surface area contributed by atoms with Gasteiger partial charge in [0.1, 0.15) is 11.6 Å². The Labute approximate surface area is 97.8 Å². The summed E-state index contributed by atoms with van der Waals surface area (Å²) in [7, 11) is -1.93. The van der Waals surface area contributed by atoms with E-state index >= 15 is 0 Å². The standard InChI is InChI=1S/C10H10FN3O2S/c1-14-6-9(12-13-14)7-17(15,16)10-4-2-3-8(11)5-10/h2-6H,7H2,1H3. The van der Waals surface area contributed by atoms with Gasteiger partial charge < -0.3 is 0 Å². The molecule has 0 aliphatic heterocycles. The van der Waals surface area contributed by atoms with Crippen LogP contribution in [0.15, 0.2) is 35.4 Å². The molecule has 0 saturated heterocycles. The van der Waals surface area contributed by atoms with E-state index in [0.717, 1.165) is 6.07 Å². The molecule has 2 aromatic rings. The number of hydrogen-bond donors (Lipinski definition) is 0. The molecule has 1 heterocycles. The average Bonchev–Trinajstić information content (AvgIpc) is 2.63. The van der Waals surface area contributed by atoms with E-state index in [-0.39, 0.29) is 10.6 Å². The second-order valence-electron chi connectivity index (χ2n) is 3.60. The van der Waals surface area contributed by atoms with Crippen LogP contribution in [0.25, 0.3) is 0 Å². The predicted molar refractivity (Wildman–Crippen MR) is 58.3 cm³/mol.